The highest BCUT2D eigenvalue weighted by Gasteiger charge is 2.19. The predicted molar refractivity (Wildman–Crippen MR) is 295 cm³/mol. The fourth-order valence-corrected chi connectivity index (χ4v) is 13.0. The van der Waals surface area contributed by atoms with Crippen LogP contribution < -0.4 is 0 Å². The molecule has 0 radical (unpaired) electrons. The molecule has 0 N–H and O–H groups in total. The van der Waals surface area contributed by atoms with Crippen LogP contribution in [0, 0.1) is 0 Å². The molecular weight excluding hydrogens is 905 g/mol. The van der Waals surface area contributed by atoms with Crippen molar-refractivity contribution >= 4 is 94.1 Å². The molecule has 0 fully saturated rings. The van der Waals surface area contributed by atoms with Gasteiger partial charge in [0.25, 0.3) is 0 Å². The largest absolute Gasteiger partial charge is 0.152 e. The van der Waals surface area contributed by atoms with Crippen molar-refractivity contribution in [2.45, 2.75) is 144 Å². The van der Waals surface area contributed by atoms with Crippen molar-refractivity contribution in [2.75, 3.05) is 25.0 Å². The summed E-state index contributed by atoms with van der Waals surface area (Å²) >= 11 is 15.5. The number of benzene rings is 5. The van der Waals surface area contributed by atoms with Crippen molar-refractivity contribution < 1.29 is 0 Å². The van der Waals surface area contributed by atoms with Crippen LogP contribution in [0.25, 0.3) is 0 Å². The maximum absolute atomic E-state index is 2.49. The van der Waals surface area contributed by atoms with Crippen LogP contribution in [0.15, 0.2) is 111 Å². The Bertz CT molecular complexity index is 2030. The monoisotopic (exact) mass is 974 g/mol. The summed E-state index contributed by atoms with van der Waals surface area (Å²) in [6.07, 6.45) is 8.69. The van der Waals surface area contributed by atoms with E-state index in [4.69, 9.17) is 0 Å². The second kappa shape index (κ2) is 24.1. The van der Waals surface area contributed by atoms with Gasteiger partial charge in [0.15, 0.2) is 0 Å². The zero-order valence-electron chi connectivity index (χ0n) is 39.6. The van der Waals surface area contributed by atoms with Crippen molar-refractivity contribution in [3.8, 4) is 0 Å². The molecule has 0 unspecified atom stereocenters. The molecule has 0 amide bonds. The van der Waals surface area contributed by atoms with Gasteiger partial charge in [-0.1, -0.05) is 117 Å². The van der Waals surface area contributed by atoms with Crippen molar-refractivity contribution in [1.82, 2.24) is 0 Å². The Hall–Kier alpha value is -1.10. The molecule has 0 saturated carbocycles. The van der Waals surface area contributed by atoms with Gasteiger partial charge in [0.2, 0.25) is 0 Å². The summed E-state index contributed by atoms with van der Waals surface area (Å²) in [5.74, 6) is 8.21. The van der Waals surface area contributed by atoms with Gasteiger partial charge in [0.05, 0.1) is 0 Å². The first kappa shape index (κ1) is 51.9. The zero-order chi connectivity index (χ0) is 45.1. The molecule has 0 aliphatic rings. The lowest BCUT2D eigenvalue weighted by Gasteiger charge is -2.22. The van der Waals surface area contributed by atoms with Gasteiger partial charge >= 0.3 is 0 Å². The van der Waals surface area contributed by atoms with Gasteiger partial charge in [-0.2, -0.15) is 47.0 Å². The van der Waals surface area contributed by atoms with Crippen molar-refractivity contribution in [3.05, 3.63) is 152 Å². The van der Waals surface area contributed by atoms with Gasteiger partial charge in [-0.15, -0.1) is 47.0 Å². The van der Waals surface area contributed by atoms with Crippen LogP contribution in [-0.2, 0) is 62.3 Å². The van der Waals surface area contributed by atoms with Gasteiger partial charge < -0.3 is 0 Å². The van der Waals surface area contributed by atoms with E-state index in [1.165, 1.54) is 80.8 Å². The molecule has 0 spiro atoms. The highest BCUT2D eigenvalue weighted by molar-refractivity contribution is 8.00. The van der Waals surface area contributed by atoms with Crippen LogP contribution >= 0.6 is 94.1 Å². The molecule has 0 nitrogen and oxygen atoms in total. The topological polar surface area (TPSA) is 0 Å². The Labute approximate surface area is 411 Å². The van der Waals surface area contributed by atoms with Crippen LogP contribution in [0.2, 0.25) is 0 Å². The van der Waals surface area contributed by atoms with Gasteiger partial charge in [0, 0.05) is 65.6 Å². The van der Waals surface area contributed by atoms with Gasteiger partial charge in [-0.25, -0.2) is 0 Å². The molecule has 0 atom stereocenters. The summed E-state index contributed by atoms with van der Waals surface area (Å²) in [5.41, 5.74) is 16.2. The van der Waals surface area contributed by atoms with E-state index in [2.05, 4.69) is 202 Å². The third kappa shape index (κ3) is 16.7. The minimum absolute atomic E-state index is 0.0998. The second-order valence-electron chi connectivity index (χ2n) is 19.3. The van der Waals surface area contributed by atoms with Crippen LogP contribution in [0.5, 0.6) is 0 Å². The Morgan fingerprint density at radius 2 is 0.435 bits per heavy atom. The molecule has 0 aromatic heterocycles. The van der Waals surface area contributed by atoms with E-state index in [9.17, 15) is 0 Å². The summed E-state index contributed by atoms with van der Waals surface area (Å²) in [6, 6.07) is 36.3. The Kier molecular flexibility index (Phi) is 20.1. The average Bonchev–Trinajstić information content (AvgIpc) is 3.22. The normalized spacial score (nSPS) is 12.3. The van der Waals surface area contributed by atoms with E-state index < -0.39 is 0 Å². The Balaban J connectivity index is 1.23. The molecule has 0 aliphatic heterocycles. The van der Waals surface area contributed by atoms with E-state index in [-0.39, 0.29) is 16.2 Å². The lowest BCUT2D eigenvalue weighted by molar-refractivity contribution is 0.589. The SMILES string of the molecule is CSc1cc(CSCc2cc(CSCc3cc(CSCc4cc(CSCc5cc(SC)cc(SC)c5)cc(C(C)(C)C)c4)cc(C(C)(C)C)c3)cc(C(C)(C)C)c2)cc(SC)c1. The summed E-state index contributed by atoms with van der Waals surface area (Å²) in [4.78, 5) is 5.43. The number of hydrogen-bond donors (Lipinski definition) is 0. The first-order valence-electron chi connectivity index (χ1n) is 21.5. The Morgan fingerprint density at radius 3 is 0.597 bits per heavy atom. The second-order valence-corrected chi connectivity index (χ2v) is 26.7. The van der Waals surface area contributed by atoms with Gasteiger partial charge in [0.1, 0.15) is 0 Å². The molecule has 0 saturated heterocycles. The van der Waals surface area contributed by atoms with E-state index in [1.807, 2.05) is 70.6 Å². The summed E-state index contributed by atoms with van der Waals surface area (Å²) in [6.45, 7) is 21.1. The standard InChI is InChI=1S/C54H70S8/c1-52(2,3)45-17-37(29-59-31-39-15-41(21-46(19-39)53(4,5)6)33-61-35-43-23-48(55-10)27-49(24-43)56-11)14-38(18-45)30-60-32-40-16-42(22-47(20-40)54(7,8)9)34-62-36-44-25-50(57-12)28-51(26-44)58-13/h14-28H,29-36H2,1-13H3. The fourth-order valence-electron chi connectivity index (χ4n) is 7.13. The molecule has 0 heterocycles. The van der Waals surface area contributed by atoms with Crippen molar-refractivity contribution in [2.24, 2.45) is 0 Å². The summed E-state index contributed by atoms with van der Waals surface area (Å²) in [5, 5.41) is 0. The molecule has 8 heteroatoms. The molecule has 5 aromatic rings. The molecule has 0 aliphatic carbocycles. The summed E-state index contributed by atoms with van der Waals surface area (Å²) < 4.78 is 0. The number of rotatable bonds is 20. The predicted octanol–water partition coefficient (Wildman–Crippen LogP) is 18.2. The first-order chi connectivity index (χ1) is 29.3. The maximum Gasteiger partial charge on any atom is 0.0188 e. The lowest BCUT2D eigenvalue weighted by Crippen LogP contribution is -2.12. The quantitative estimate of drug-likeness (QED) is 0.0699. The fraction of sp³-hybridized carbons (Fsp3) is 0.444. The molecule has 5 rings (SSSR count). The van der Waals surface area contributed by atoms with Crippen LogP contribution in [-0.4, -0.2) is 25.0 Å². The third-order valence-electron chi connectivity index (χ3n) is 10.7. The highest BCUT2D eigenvalue weighted by atomic mass is 32.2. The minimum atomic E-state index is 0.0998. The van der Waals surface area contributed by atoms with Crippen LogP contribution in [0.4, 0.5) is 0 Å². The molecule has 0 bridgehead atoms. The lowest BCUT2D eigenvalue weighted by atomic mass is 9.85. The Morgan fingerprint density at radius 1 is 0.258 bits per heavy atom. The van der Waals surface area contributed by atoms with Crippen molar-refractivity contribution in [3.63, 3.8) is 0 Å². The summed E-state index contributed by atoms with van der Waals surface area (Å²) in [7, 11) is 0. The minimum Gasteiger partial charge on any atom is -0.152 e. The number of thioether (sulfide) groups is 8. The van der Waals surface area contributed by atoms with E-state index in [1.54, 1.807) is 0 Å². The number of hydrogen-bond acceptors (Lipinski definition) is 8. The molecule has 62 heavy (non-hydrogen) atoms. The van der Waals surface area contributed by atoms with E-state index in [0.29, 0.717) is 0 Å². The van der Waals surface area contributed by atoms with E-state index in [0.717, 1.165) is 46.0 Å². The van der Waals surface area contributed by atoms with Crippen molar-refractivity contribution in [1.29, 1.82) is 0 Å². The molecule has 5 aromatic carbocycles. The zero-order valence-corrected chi connectivity index (χ0v) is 46.1. The van der Waals surface area contributed by atoms with E-state index >= 15 is 0 Å². The highest BCUT2D eigenvalue weighted by Crippen LogP contribution is 2.35. The average molecular weight is 976 g/mol. The third-order valence-corrected chi connectivity index (χ3v) is 17.9. The smallest absolute Gasteiger partial charge is 0.0188 e. The molecule has 334 valence electrons. The first-order valence-corrected chi connectivity index (χ1v) is 31.0. The van der Waals surface area contributed by atoms with Gasteiger partial charge in [-0.05, 0) is 139 Å². The molecular formula is C54H70S8. The van der Waals surface area contributed by atoms with Gasteiger partial charge in [-0.3, -0.25) is 0 Å². The van der Waals surface area contributed by atoms with Crippen LogP contribution in [0.1, 0.15) is 124 Å². The maximum atomic E-state index is 2.49. The van der Waals surface area contributed by atoms with Crippen LogP contribution in [0.3, 0.4) is 0 Å².